The van der Waals surface area contributed by atoms with Crippen LogP contribution in [-0.2, 0) is 11.2 Å². The number of phenolic OH excluding ortho intramolecular Hbond substituents is 11. The first kappa shape index (κ1) is 49.0. The summed E-state index contributed by atoms with van der Waals surface area (Å²) in [5.41, 5.74) is 2.91. The molecule has 2 heterocycles. The van der Waals surface area contributed by atoms with Crippen LogP contribution in [0.5, 0.6) is 69.0 Å². The molecular formula is C60H48O15. The molecule has 0 aliphatic carbocycles. The lowest BCUT2D eigenvalue weighted by Gasteiger charge is -2.31. The van der Waals surface area contributed by atoms with Crippen LogP contribution in [0.4, 0.5) is 0 Å². The van der Waals surface area contributed by atoms with E-state index in [0.29, 0.717) is 33.6 Å². The van der Waals surface area contributed by atoms with E-state index in [1.54, 1.807) is 54.6 Å². The van der Waals surface area contributed by atoms with Gasteiger partial charge in [0, 0.05) is 64.3 Å². The van der Waals surface area contributed by atoms with E-state index in [0.717, 1.165) is 24.3 Å². The lowest BCUT2D eigenvalue weighted by atomic mass is 9.72. The fraction of sp³-hybridized carbons (Fsp3) is 0.133. The molecule has 0 radical (unpaired) electrons. The minimum atomic E-state index is -1.19. The van der Waals surface area contributed by atoms with Crippen LogP contribution in [-0.4, -0.2) is 67.7 Å². The van der Waals surface area contributed by atoms with Gasteiger partial charge in [-0.2, -0.15) is 0 Å². The maximum Gasteiger partial charge on any atom is 0.189 e. The minimum absolute atomic E-state index is 0.0139. The number of phenols is 11. The lowest BCUT2D eigenvalue weighted by Crippen LogP contribution is -2.27. The van der Waals surface area contributed by atoms with Gasteiger partial charge in [-0.15, -0.1) is 0 Å². The number of carbonyl (C=O) groups is 2. The number of ketones is 2. The lowest BCUT2D eigenvalue weighted by molar-refractivity contribution is 0.0254. The van der Waals surface area contributed by atoms with Crippen molar-refractivity contribution < 1.29 is 75.2 Å². The van der Waals surface area contributed by atoms with Crippen molar-refractivity contribution in [1.82, 2.24) is 0 Å². The Morgan fingerprint density at radius 1 is 0.467 bits per heavy atom. The number of hydrogen-bond donors (Lipinski definition) is 11. The van der Waals surface area contributed by atoms with Gasteiger partial charge < -0.3 is 65.6 Å². The van der Waals surface area contributed by atoms with Gasteiger partial charge in [-0.05, 0) is 120 Å². The molecule has 2 aliphatic heterocycles. The highest BCUT2D eigenvalue weighted by Crippen LogP contribution is 2.60. The number of ether oxygens (including phenoxy) is 2. The molecule has 2 aliphatic rings. The topological polar surface area (TPSA) is 275 Å². The smallest absolute Gasteiger partial charge is 0.189 e. The fourth-order valence-corrected chi connectivity index (χ4v) is 10.5. The van der Waals surface area contributed by atoms with Gasteiger partial charge >= 0.3 is 0 Å². The van der Waals surface area contributed by atoms with E-state index in [1.165, 1.54) is 91.0 Å². The number of rotatable bonds is 13. The first-order valence-electron chi connectivity index (χ1n) is 23.7. The summed E-state index contributed by atoms with van der Waals surface area (Å²) >= 11 is 0. The highest BCUT2D eigenvalue weighted by atomic mass is 16.5. The molecule has 75 heavy (non-hydrogen) atoms. The van der Waals surface area contributed by atoms with E-state index in [-0.39, 0.29) is 74.5 Å². The van der Waals surface area contributed by atoms with E-state index in [1.807, 2.05) is 0 Å². The largest absolute Gasteiger partial charge is 0.508 e. The third kappa shape index (κ3) is 9.63. The molecule has 15 heteroatoms. The van der Waals surface area contributed by atoms with Crippen molar-refractivity contribution in [3.05, 3.63) is 219 Å². The first-order valence-corrected chi connectivity index (χ1v) is 23.7. The van der Waals surface area contributed by atoms with Crippen LogP contribution >= 0.6 is 0 Å². The molecule has 0 spiro atoms. The number of Topliss-reactive ketones (excluding diaryl/α,β-unsaturated/α-hetero) is 1. The third-order valence-corrected chi connectivity index (χ3v) is 14.0. The van der Waals surface area contributed by atoms with Crippen molar-refractivity contribution >= 4 is 17.6 Å². The molecule has 7 atom stereocenters. The molecule has 15 nitrogen and oxygen atoms in total. The number of carbonyl (C=O) groups excluding carboxylic acids is 2. The fourth-order valence-electron chi connectivity index (χ4n) is 10.5. The second kappa shape index (κ2) is 19.8. The molecule has 0 saturated carbocycles. The maximum atomic E-state index is 15.1. The van der Waals surface area contributed by atoms with Gasteiger partial charge in [0.05, 0.1) is 29.3 Å². The van der Waals surface area contributed by atoms with Gasteiger partial charge in [0.15, 0.2) is 11.6 Å². The zero-order valence-electron chi connectivity index (χ0n) is 39.5. The van der Waals surface area contributed by atoms with Crippen LogP contribution in [0, 0.1) is 11.8 Å². The van der Waals surface area contributed by atoms with E-state index >= 15 is 4.79 Å². The van der Waals surface area contributed by atoms with Crippen molar-refractivity contribution in [2.24, 2.45) is 11.8 Å². The normalized spacial score (nSPS) is 19.4. The highest BCUT2D eigenvalue weighted by molar-refractivity contribution is 6.08. The second-order valence-electron chi connectivity index (χ2n) is 18.7. The van der Waals surface area contributed by atoms with E-state index in [4.69, 9.17) is 9.47 Å². The van der Waals surface area contributed by atoms with Gasteiger partial charge in [-0.1, -0.05) is 54.6 Å². The average Bonchev–Trinajstić information content (AvgIpc) is 3.95. The van der Waals surface area contributed by atoms with Gasteiger partial charge in [0.2, 0.25) is 0 Å². The summed E-state index contributed by atoms with van der Waals surface area (Å²) in [5, 5.41) is 119. The second-order valence-corrected chi connectivity index (χ2v) is 18.7. The molecule has 1 saturated heterocycles. The Kier molecular flexibility index (Phi) is 12.9. The molecule has 10 rings (SSSR count). The van der Waals surface area contributed by atoms with Crippen LogP contribution < -0.4 is 4.74 Å². The summed E-state index contributed by atoms with van der Waals surface area (Å²) in [6, 6.07) is 37.6. The molecule has 378 valence electrons. The quantitative estimate of drug-likeness (QED) is 0.0379. The Morgan fingerprint density at radius 2 is 1.00 bits per heavy atom. The monoisotopic (exact) mass is 1010 g/mol. The van der Waals surface area contributed by atoms with Crippen molar-refractivity contribution in [1.29, 1.82) is 0 Å². The molecule has 8 aromatic rings. The third-order valence-electron chi connectivity index (χ3n) is 14.0. The minimum Gasteiger partial charge on any atom is -0.508 e. The maximum absolute atomic E-state index is 15.1. The molecule has 0 aromatic heterocycles. The average molecular weight is 1010 g/mol. The Balaban J connectivity index is 1.16. The van der Waals surface area contributed by atoms with Gasteiger partial charge in [-0.3, -0.25) is 9.59 Å². The summed E-state index contributed by atoms with van der Waals surface area (Å²) in [6.45, 7) is 0. The van der Waals surface area contributed by atoms with Gasteiger partial charge in [0.1, 0.15) is 75.1 Å². The number of aromatic hydroxyl groups is 11. The van der Waals surface area contributed by atoms with Crippen molar-refractivity contribution in [3.8, 4) is 69.0 Å². The predicted octanol–water partition coefficient (Wildman–Crippen LogP) is 10.6. The Morgan fingerprint density at radius 3 is 1.60 bits per heavy atom. The zero-order valence-corrected chi connectivity index (χ0v) is 39.5. The van der Waals surface area contributed by atoms with E-state index in [9.17, 15) is 61.0 Å². The standard InChI is InChI=1S/C60H48O15/c61-34-9-1-30(2-10-34)24-46-56(57(73)42-20-17-39(66)27-50(42)70)59(33-7-13-36(63)14-8-33)75-60(46)44-28-43(51(71)29-52(44)72)54(41-19-16-38(65)26-49(41)69)55-45-23-31(3-21-47(67)40-18-15-37(64)25-48(40)68)4-22-53(45)74-58(55)32-5-11-35(62)12-6-32/h1-23,25-29,46,54-56,58-66,68-72H,24H2/b21-3+/t46-,54+,55-,56-,58-,59+,60-/m0/s1. The highest BCUT2D eigenvalue weighted by Gasteiger charge is 2.51. The molecular weight excluding hydrogens is 961 g/mol. The number of hydrogen-bond acceptors (Lipinski definition) is 15. The van der Waals surface area contributed by atoms with Gasteiger partial charge in [0.25, 0.3) is 0 Å². The SMILES string of the molecule is O=C(/C=C/c1ccc2c(c1)[C@@H]([C@H](c1ccc(O)cc1O)c1cc([C@@H]3O[C@H](c4ccc(O)cc4)[C@H](C(=O)c4ccc(O)cc4O)[C@@H]3Cc3ccc(O)cc3)c(O)cc1O)[C@H](c1ccc(O)cc1)O2)c1ccc(O)cc1O. The Bertz CT molecular complexity index is 3520. The molecule has 0 unspecified atom stereocenters. The number of allylic oxidation sites excluding steroid dienone is 1. The summed E-state index contributed by atoms with van der Waals surface area (Å²) in [7, 11) is 0. The summed E-state index contributed by atoms with van der Waals surface area (Å²) in [6.07, 6.45) is -0.354. The first-order chi connectivity index (χ1) is 36.0. The molecule has 0 bridgehead atoms. The summed E-state index contributed by atoms with van der Waals surface area (Å²) in [5.74, 6) is -7.88. The van der Waals surface area contributed by atoms with Crippen LogP contribution in [0.25, 0.3) is 6.08 Å². The van der Waals surface area contributed by atoms with Crippen LogP contribution in [0.3, 0.4) is 0 Å². The molecule has 1 fully saturated rings. The predicted molar refractivity (Wildman–Crippen MR) is 273 cm³/mol. The van der Waals surface area contributed by atoms with Crippen molar-refractivity contribution in [2.45, 2.75) is 36.6 Å². The number of benzene rings is 8. The summed E-state index contributed by atoms with van der Waals surface area (Å²) in [4.78, 5) is 28.4. The molecule has 8 aromatic carbocycles. The molecule has 0 amide bonds. The van der Waals surface area contributed by atoms with Crippen molar-refractivity contribution in [3.63, 3.8) is 0 Å². The Hall–Kier alpha value is -9.60. The van der Waals surface area contributed by atoms with E-state index < -0.39 is 76.5 Å². The summed E-state index contributed by atoms with van der Waals surface area (Å²) < 4.78 is 13.7. The van der Waals surface area contributed by atoms with E-state index in [2.05, 4.69) is 0 Å². The van der Waals surface area contributed by atoms with Crippen LogP contribution in [0.15, 0.2) is 164 Å². The number of fused-ring (bicyclic) bond motifs is 1. The van der Waals surface area contributed by atoms with Crippen LogP contribution in [0.2, 0.25) is 0 Å². The van der Waals surface area contributed by atoms with Crippen molar-refractivity contribution in [2.75, 3.05) is 0 Å². The molecule has 11 N–H and O–H groups in total. The Labute approximate surface area is 428 Å². The van der Waals surface area contributed by atoms with Crippen LogP contribution in [0.1, 0.15) is 95.4 Å². The zero-order chi connectivity index (χ0) is 52.8. The van der Waals surface area contributed by atoms with Gasteiger partial charge in [-0.25, -0.2) is 0 Å².